The summed E-state index contributed by atoms with van der Waals surface area (Å²) in [6.45, 7) is 4.10. The molecule has 0 spiro atoms. The van der Waals surface area contributed by atoms with Gasteiger partial charge in [0.25, 0.3) is 0 Å². The second-order valence-electron chi connectivity index (χ2n) is 6.84. The zero-order valence-electron chi connectivity index (χ0n) is 17.2. The number of furan rings is 1. The van der Waals surface area contributed by atoms with Gasteiger partial charge in [-0.05, 0) is 55.3 Å². The van der Waals surface area contributed by atoms with Crippen LogP contribution in [0.25, 0.3) is 11.3 Å². The van der Waals surface area contributed by atoms with Crippen molar-refractivity contribution < 1.29 is 23.8 Å². The Morgan fingerprint density at radius 2 is 1.77 bits per heavy atom. The van der Waals surface area contributed by atoms with Gasteiger partial charge in [0.1, 0.15) is 17.3 Å². The Balaban J connectivity index is 1.60. The first kappa shape index (κ1) is 21.4. The van der Waals surface area contributed by atoms with Crippen LogP contribution >= 0.6 is 0 Å². The summed E-state index contributed by atoms with van der Waals surface area (Å²) in [6.07, 6.45) is 3.77. The van der Waals surface area contributed by atoms with Crippen molar-refractivity contribution in [2.24, 2.45) is 0 Å². The van der Waals surface area contributed by atoms with Crippen molar-refractivity contribution in [1.29, 1.82) is 0 Å². The summed E-state index contributed by atoms with van der Waals surface area (Å²) < 4.78 is 16.7. The summed E-state index contributed by atoms with van der Waals surface area (Å²) in [5.74, 6) is 1.44. The van der Waals surface area contributed by atoms with Crippen LogP contribution < -0.4 is 4.74 Å². The van der Waals surface area contributed by atoms with E-state index in [1.165, 1.54) is 0 Å². The van der Waals surface area contributed by atoms with Crippen molar-refractivity contribution >= 4 is 5.97 Å². The summed E-state index contributed by atoms with van der Waals surface area (Å²) in [5.41, 5.74) is 3.06. The molecule has 1 unspecified atom stereocenters. The molecule has 5 nitrogen and oxygen atoms in total. The molecule has 1 N–H and O–H groups in total. The summed E-state index contributed by atoms with van der Waals surface area (Å²) in [4.78, 5) is 11.2. The maximum Gasteiger partial charge on any atom is 0.333 e. The Kier molecular flexibility index (Phi) is 7.46. The minimum atomic E-state index is -0.952. The molecule has 2 aromatic carbocycles. The molecule has 0 radical (unpaired) electrons. The zero-order chi connectivity index (χ0) is 21.3. The fraction of sp³-hybridized carbons (Fsp3) is 0.240. The lowest BCUT2D eigenvalue weighted by atomic mass is 10.1. The Morgan fingerprint density at radius 3 is 2.33 bits per heavy atom. The average molecular weight is 406 g/mol. The first-order valence-corrected chi connectivity index (χ1v) is 9.98. The van der Waals surface area contributed by atoms with Crippen LogP contribution in [0.15, 0.2) is 83.2 Å². The van der Waals surface area contributed by atoms with Crippen molar-refractivity contribution in [1.82, 2.24) is 0 Å². The minimum Gasteiger partial charge on any atom is -0.479 e. The average Bonchev–Trinajstić information content (AvgIpc) is 3.29. The summed E-state index contributed by atoms with van der Waals surface area (Å²) in [6, 6.07) is 19.5. The van der Waals surface area contributed by atoms with E-state index in [0.29, 0.717) is 25.2 Å². The third-order valence-corrected chi connectivity index (χ3v) is 4.70. The van der Waals surface area contributed by atoms with Crippen LogP contribution in [0.3, 0.4) is 0 Å². The van der Waals surface area contributed by atoms with Crippen molar-refractivity contribution in [3.05, 3.63) is 89.9 Å². The molecule has 0 bridgehead atoms. The summed E-state index contributed by atoms with van der Waals surface area (Å²) in [5, 5.41) is 9.22. The SMILES string of the molecule is CC=C(Cc1ccc(-c2ccco2)cc1)Oc1ccc(CC(OCC)C(=O)O)cc1. The number of benzene rings is 2. The molecule has 0 aliphatic rings. The van der Waals surface area contributed by atoms with Crippen molar-refractivity contribution in [3.8, 4) is 17.1 Å². The van der Waals surface area contributed by atoms with Crippen LogP contribution in [-0.2, 0) is 22.4 Å². The second kappa shape index (κ2) is 10.5. The number of carboxylic acids is 1. The third-order valence-electron chi connectivity index (χ3n) is 4.70. The number of aliphatic carboxylic acids is 1. The fourth-order valence-corrected chi connectivity index (χ4v) is 3.11. The normalized spacial score (nSPS) is 12.5. The van der Waals surface area contributed by atoms with Gasteiger partial charge in [0.05, 0.1) is 6.26 Å². The quantitative estimate of drug-likeness (QED) is 0.450. The zero-order valence-corrected chi connectivity index (χ0v) is 17.2. The Hall–Kier alpha value is -3.31. The number of carbonyl (C=O) groups is 1. The lowest BCUT2D eigenvalue weighted by Crippen LogP contribution is -2.26. The van der Waals surface area contributed by atoms with Gasteiger partial charge in [0, 0.05) is 25.0 Å². The molecular formula is C25H26O5. The molecule has 3 aromatic rings. The van der Waals surface area contributed by atoms with E-state index >= 15 is 0 Å². The van der Waals surface area contributed by atoms with Crippen LogP contribution in [0.4, 0.5) is 0 Å². The smallest absolute Gasteiger partial charge is 0.333 e. The number of hydrogen-bond acceptors (Lipinski definition) is 4. The number of allylic oxidation sites excluding steroid dienone is 2. The largest absolute Gasteiger partial charge is 0.479 e. The molecule has 1 aromatic heterocycles. The number of rotatable bonds is 10. The van der Waals surface area contributed by atoms with E-state index in [2.05, 4.69) is 12.1 Å². The molecule has 1 atom stereocenters. The van der Waals surface area contributed by atoms with Gasteiger partial charge in [0.15, 0.2) is 6.10 Å². The van der Waals surface area contributed by atoms with E-state index in [1.807, 2.05) is 61.5 Å². The van der Waals surface area contributed by atoms with Gasteiger partial charge in [-0.15, -0.1) is 0 Å². The highest BCUT2D eigenvalue weighted by Gasteiger charge is 2.17. The lowest BCUT2D eigenvalue weighted by molar-refractivity contribution is -0.149. The van der Waals surface area contributed by atoms with Gasteiger partial charge >= 0.3 is 5.97 Å². The fourth-order valence-electron chi connectivity index (χ4n) is 3.11. The Morgan fingerprint density at radius 1 is 1.07 bits per heavy atom. The topological polar surface area (TPSA) is 68.9 Å². The van der Waals surface area contributed by atoms with Gasteiger partial charge in [-0.25, -0.2) is 4.79 Å². The predicted octanol–water partition coefficient (Wildman–Crippen LogP) is 5.50. The minimum absolute atomic E-state index is 0.321. The van der Waals surface area contributed by atoms with Crippen LogP contribution in [-0.4, -0.2) is 23.8 Å². The monoisotopic (exact) mass is 406 g/mol. The van der Waals surface area contributed by atoms with E-state index < -0.39 is 12.1 Å². The van der Waals surface area contributed by atoms with Crippen molar-refractivity contribution in [3.63, 3.8) is 0 Å². The Labute approximate surface area is 176 Å². The van der Waals surface area contributed by atoms with Gasteiger partial charge in [-0.1, -0.05) is 36.4 Å². The molecule has 0 fully saturated rings. The standard InChI is InChI=1S/C25H26O5/c1-3-21(16-18-7-11-20(12-8-18)23-6-5-15-29-23)30-22-13-9-19(10-14-22)17-24(25(26)27)28-4-2/h3,5-15,24H,4,16-17H2,1-2H3,(H,26,27). The molecule has 1 heterocycles. The van der Waals surface area contributed by atoms with E-state index in [9.17, 15) is 9.90 Å². The highest BCUT2D eigenvalue weighted by molar-refractivity contribution is 5.72. The lowest BCUT2D eigenvalue weighted by Gasteiger charge is -2.14. The van der Waals surface area contributed by atoms with E-state index in [4.69, 9.17) is 13.9 Å². The summed E-state index contributed by atoms with van der Waals surface area (Å²) in [7, 11) is 0. The molecule has 30 heavy (non-hydrogen) atoms. The summed E-state index contributed by atoms with van der Waals surface area (Å²) >= 11 is 0. The molecule has 0 amide bonds. The van der Waals surface area contributed by atoms with E-state index in [1.54, 1.807) is 13.2 Å². The first-order valence-electron chi connectivity index (χ1n) is 9.98. The van der Waals surface area contributed by atoms with Gasteiger partial charge in [0.2, 0.25) is 0 Å². The highest BCUT2D eigenvalue weighted by atomic mass is 16.5. The van der Waals surface area contributed by atoms with Gasteiger partial charge < -0.3 is 19.0 Å². The van der Waals surface area contributed by atoms with Crippen molar-refractivity contribution in [2.45, 2.75) is 32.8 Å². The van der Waals surface area contributed by atoms with E-state index in [0.717, 1.165) is 28.2 Å². The first-order chi connectivity index (χ1) is 14.6. The maximum atomic E-state index is 11.2. The molecule has 0 aliphatic heterocycles. The predicted molar refractivity (Wildman–Crippen MR) is 115 cm³/mol. The number of hydrogen-bond donors (Lipinski definition) is 1. The maximum absolute atomic E-state index is 11.2. The molecule has 0 aliphatic carbocycles. The van der Waals surface area contributed by atoms with Gasteiger partial charge in [-0.2, -0.15) is 0 Å². The number of ether oxygens (including phenoxy) is 2. The van der Waals surface area contributed by atoms with Crippen LogP contribution in [0.2, 0.25) is 0 Å². The van der Waals surface area contributed by atoms with Crippen LogP contribution in [0, 0.1) is 0 Å². The van der Waals surface area contributed by atoms with Crippen molar-refractivity contribution in [2.75, 3.05) is 6.61 Å². The molecule has 0 saturated carbocycles. The molecule has 156 valence electrons. The van der Waals surface area contributed by atoms with Gasteiger partial charge in [-0.3, -0.25) is 0 Å². The van der Waals surface area contributed by atoms with Crippen LogP contribution in [0.1, 0.15) is 25.0 Å². The van der Waals surface area contributed by atoms with E-state index in [-0.39, 0.29) is 0 Å². The molecule has 5 heteroatoms. The molecular weight excluding hydrogens is 380 g/mol. The van der Waals surface area contributed by atoms with Crippen LogP contribution in [0.5, 0.6) is 5.75 Å². The third kappa shape index (κ3) is 5.84. The Bertz CT molecular complexity index is 954. The highest BCUT2D eigenvalue weighted by Crippen LogP contribution is 2.22. The molecule has 0 saturated heterocycles. The molecule has 3 rings (SSSR count). The number of carboxylic acid groups (broad SMARTS) is 1. The second-order valence-corrected chi connectivity index (χ2v) is 6.84.